The predicted molar refractivity (Wildman–Crippen MR) is 117 cm³/mol. The molecule has 0 aliphatic carbocycles. The van der Waals surface area contributed by atoms with Crippen molar-refractivity contribution in [1.29, 1.82) is 0 Å². The molecule has 168 valence electrons. The normalized spacial score (nSPS) is 14.7. The standard InChI is InChI=1S/3C8H7NO2/c3*10-8-5-6-3-1-2-4-7(6)11-9-8/h3*1-4H,5H2,(H,9,10). The number of hydrogen-bond donors (Lipinski definition) is 3. The summed E-state index contributed by atoms with van der Waals surface area (Å²) in [6.07, 6.45) is 1.24. The van der Waals surface area contributed by atoms with Gasteiger partial charge < -0.3 is 14.5 Å². The topological polar surface area (TPSA) is 115 Å². The molecule has 3 N–H and O–H groups in total. The summed E-state index contributed by atoms with van der Waals surface area (Å²) in [5.74, 6) is 1.95. The molecule has 0 saturated carbocycles. The lowest BCUT2D eigenvalue weighted by molar-refractivity contribution is -0.129. The molecule has 3 aliphatic heterocycles. The van der Waals surface area contributed by atoms with Gasteiger partial charge in [-0.05, 0) is 18.2 Å². The highest BCUT2D eigenvalue weighted by atomic mass is 16.7. The van der Waals surface area contributed by atoms with E-state index in [1.54, 1.807) is 0 Å². The van der Waals surface area contributed by atoms with E-state index in [1.807, 2.05) is 72.8 Å². The van der Waals surface area contributed by atoms with Gasteiger partial charge in [-0.2, -0.15) is 16.4 Å². The fourth-order valence-electron chi connectivity index (χ4n) is 3.21. The number of hydrogen-bond acceptors (Lipinski definition) is 6. The molecule has 0 bridgehead atoms. The Hall–Kier alpha value is -4.53. The molecule has 6 rings (SSSR count). The van der Waals surface area contributed by atoms with Crippen molar-refractivity contribution in [2.75, 3.05) is 0 Å². The summed E-state index contributed by atoms with van der Waals surface area (Å²) >= 11 is 0. The van der Waals surface area contributed by atoms with Crippen molar-refractivity contribution in [3.8, 4) is 17.2 Å². The third-order valence-corrected chi connectivity index (χ3v) is 4.80. The predicted octanol–water partition coefficient (Wildman–Crippen LogP) is 1.96. The van der Waals surface area contributed by atoms with E-state index in [9.17, 15) is 14.4 Å². The number of amides is 3. The number of nitrogens with one attached hydrogen (secondary N) is 3. The summed E-state index contributed by atoms with van der Waals surface area (Å²) in [7, 11) is 0. The van der Waals surface area contributed by atoms with Gasteiger partial charge >= 0.3 is 0 Å². The lowest BCUT2D eigenvalue weighted by Crippen LogP contribution is -2.32. The van der Waals surface area contributed by atoms with E-state index in [4.69, 9.17) is 14.5 Å². The van der Waals surface area contributed by atoms with Crippen molar-refractivity contribution >= 4 is 17.7 Å². The Bertz CT molecular complexity index is 1030. The summed E-state index contributed by atoms with van der Waals surface area (Å²) in [6.45, 7) is 0. The van der Waals surface area contributed by atoms with E-state index < -0.39 is 0 Å². The number of fused-ring (bicyclic) bond motifs is 3. The van der Waals surface area contributed by atoms with E-state index in [0.717, 1.165) is 33.9 Å². The van der Waals surface area contributed by atoms with E-state index in [1.165, 1.54) is 0 Å². The third-order valence-electron chi connectivity index (χ3n) is 4.80. The van der Waals surface area contributed by atoms with E-state index in [-0.39, 0.29) is 17.7 Å². The van der Waals surface area contributed by atoms with Crippen LogP contribution in [-0.4, -0.2) is 17.7 Å². The highest BCUT2D eigenvalue weighted by Crippen LogP contribution is 2.21. The second-order valence-electron chi connectivity index (χ2n) is 7.24. The molecule has 0 fully saturated rings. The number of para-hydroxylation sites is 3. The molecule has 3 amide bonds. The minimum absolute atomic E-state index is 0.0938. The quantitative estimate of drug-likeness (QED) is 0.485. The van der Waals surface area contributed by atoms with E-state index in [2.05, 4.69) is 16.4 Å². The summed E-state index contributed by atoms with van der Waals surface area (Å²) in [5, 5.41) is 0. The number of carbonyl (C=O) groups is 3. The van der Waals surface area contributed by atoms with Gasteiger partial charge in [-0.15, -0.1) is 0 Å². The molecule has 0 aromatic heterocycles. The zero-order valence-electron chi connectivity index (χ0n) is 17.5. The van der Waals surface area contributed by atoms with Crippen LogP contribution in [0.5, 0.6) is 17.2 Å². The van der Waals surface area contributed by atoms with Gasteiger partial charge in [0.15, 0.2) is 17.2 Å². The van der Waals surface area contributed by atoms with Crippen LogP contribution in [0.2, 0.25) is 0 Å². The zero-order chi connectivity index (χ0) is 23.0. The smallest absolute Gasteiger partial charge is 0.257 e. The van der Waals surface area contributed by atoms with Crippen LogP contribution < -0.4 is 31.0 Å². The van der Waals surface area contributed by atoms with E-state index in [0.29, 0.717) is 19.3 Å². The molecular formula is C24H21N3O6. The lowest BCUT2D eigenvalue weighted by Gasteiger charge is -2.15. The Labute approximate surface area is 189 Å². The van der Waals surface area contributed by atoms with Crippen molar-refractivity contribution in [1.82, 2.24) is 16.4 Å². The van der Waals surface area contributed by atoms with Crippen LogP contribution >= 0.6 is 0 Å². The van der Waals surface area contributed by atoms with Crippen LogP contribution in [0.4, 0.5) is 0 Å². The fraction of sp³-hybridized carbons (Fsp3) is 0.125. The molecule has 0 atom stereocenters. The van der Waals surface area contributed by atoms with Crippen LogP contribution in [-0.2, 0) is 33.6 Å². The van der Waals surface area contributed by atoms with Crippen molar-refractivity contribution < 1.29 is 28.9 Å². The van der Waals surface area contributed by atoms with Crippen molar-refractivity contribution in [3.05, 3.63) is 89.5 Å². The number of carbonyl (C=O) groups excluding carboxylic acids is 3. The fourth-order valence-corrected chi connectivity index (χ4v) is 3.21. The lowest BCUT2D eigenvalue weighted by atomic mass is 10.1. The molecule has 9 nitrogen and oxygen atoms in total. The molecular weight excluding hydrogens is 426 g/mol. The van der Waals surface area contributed by atoms with Crippen LogP contribution in [0, 0.1) is 0 Å². The SMILES string of the molecule is O=C1Cc2ccccc2ON1.O=C1Cc2ccccc2ON1.O=C1Cc2ccccc2ON1. The maximum atomic E-state index is 10.8. The molecule has 0 unspecified atom stereocenters. The van der Waals surface area contributed by atoms with Gasteiger partial charge in [-0.25, -0.2) is 0 Å². The minimum Gasteiger partial charge on any atom is -0.379 e. The summed E-state index contributed by atoms with van der Waals surface area (Å²) in [5.41, 5.74) is 9.72. The third kappa shape index (κ3) is 5.79. The Balaban J connectivity index is 0.000000118. The monoisotopic (exact) mass is 447 g/mol. The van der Waals surface area contributed by atoms with E-state index >= 15 is 0 Å². The van der Waals surface area contributed by atoms with Gasteiger partial charge in [-0.3, -0.25) is 14.4 Å². The molecule has 3 aromatic rings. The average Bonchev–Trinajstić information content (AvgIpc) is 2.84. The van der Waals surface area contributed by atoms with Gasteiger partial charge in [0.1, 0.15) is 0 Å². The number of hydroxylamine groups is 3. The first-order valence-electron chi connectivity index (χ1n) is 10.2. The highest BCUT2D eigenvalue weighted by Gasteiger charge is 2.16. The van der Waals surface area contributed by atoms with Crippen molar-refractivity contribution in [2.45, 2.75) is 19.3 Å². The van der Waals surface area contributed by atoms with Crippen LogP contribution in [0.3, 0.4) is 0 Å². The number of benzene rings is 3. The van der Waals surface area contributed by atoms with Crippen molar-refractivity contribution in [2.24, 2.45) is 0 Å². The Kier molecular flexibility index (Phi) is 6.70. The first-order valence-corrected chi connectivity index (χ1v) is 10.2. The summed E-state index contributed by atoms with van der Waals surface area (Å²) in [4.78, 5) is 47.2. The van der Waals surface area contributed by atoms with Gasteiger partial charge in [-0.1, -0.05) is 54.6 Å². The molecule has 3 heterocycles. The number of rotatable bonds is 0. The molecule has 33 heavy (non-hydrogen) atoms. The molecule has 9 heteroatoms. The van der Waals surface area contributed by atoms with Crippen LogP contribution in [0.1, 0.15) is 16.7 Å². The molecule has 0 spiro atoms. The van der Waals surface area contributed by atoms with Crippen LogP contribution in [0.15, 0.2) is 72.8 Å². The Morgan fingerprint density at radius 3 is 1.03 bits per heavy atom. The first kappa shape index (κ1) is 21.7. The molecule has 3 aromatic carbocycles. The van der Waals surface area contributed by atoms with Crippen LogP contribution in [0.25, 0.3) is 0 Å². The largest absolute Gasteiger partial charge is 0.379 e. The van der Waals surface area contributed by atoms with Crippen molar-refractivity contribution in [3.63, 3.8) is 0 Å². The Morgan fingerprint density at radius 2 is 0.727 bits per heavy atom. The second-order valence-corrected chi connectivity index (χ2v) is 7.24. The molecule has 3 aliphatic rings. The van der Waals surface area contributed by atoms with Gasteiger partial charge in [0, 0.05) is 16.7 Å². The second kappa shape index (κ2) is 10.2. The highest BCUT2D eigenvalue weighted by molar-refractivity contribution is 5.81. The Morgan fingerprint density at radius 1 is 0.455 bits per heavy atom. The summed E-state index contributed by atoms with van der Waals surface area (Å²) < 4.78 is 0. The van der Waals surface area contributed by atoms with Gasteiger partial charge in [0.25, 0.3) is 17.7 Å². The van der Waals surface area contributed by atoms with Gasteiger partial charge in [0.2, 0.25) is 0 Å². The first-order chi connectivity index (χ1) is 16.1. The summed E-state index contributed by atoms with van der Waals surface area (Å²) in [6, 6.07) is 22.4. The maximum absolute atomic E-state index is 10.8. The molecule has 0 radical (unpaired) electrons. The molecule has 0 saturated heterocycles. The maximum Gasteiger partial charge on any atom is 0.257 e. The zero-order valence-corrected chi connectivity index (χ0v) is 17.5. The van der Waals surface area contributed by atoms with Gasteiger partial charge in [0.05, 0.1) is 19.3 Å². The average molecular weight is 447 g/mol. The minimum atomic E-state index is -0.0938.